The van der Waals surface area contributed by atoms with Gasteiger partial charge in [0.25, 0.3) is 0 Å². The number of nitrogens with zero attached hydrogens (tertiary/aromatic N) is 1. The van der Waals surface area contributed by atoms with Gasteiger partial charge in [0, 0.05) is 18.6 Å². The Labute approximate surface area is 122 Å². The van der Waals surface area contributed by atoms with Crippen LogP contribution in [0.4, 0.5) is 0 Å². The molecule has 0 bridgehead atoms. The Morgan fingerprint density at radius 2 is 2.20 bits per heavy atom. The van der Waals surface area contributed by atoms with Gasteiger partial charge in [0.2, 0.25) is 0 Å². The SMILES string of the molecule is CCCN1CC(N)CC2Cc3c(cccc3OC)CC21. The number of rotatable bonds is 3. The molecule has 3 nitrogen and oxygen atoms in total. The molecule has 1 fully saturated rings. The first-order valence-electron chi connectivity index (χ1n) is 7.87. The first-order valence-corrected chi connectivity index (χ1v) is 7.87. The van der Waals surface area contributed by atoms with E-state index in [1.165, 1.54) is 24.1 Å². The van der Waals surface area contributed by atoms with E-state index in [2.05, 4.69) is 30.0 Å². The second-order valence-electron chi connectivity index (χ2n) is 6.32. The van der Waals surface area contributed by atoms with Gasteiger partial charge in [-0.2, -0.15) is 0 Å². The number of nitrogens with two attached hydrogens (primary N) is 1. The molecule has 3 heteroatoms. The summed E-state index contributed by atoms with van der Waals surface area (Å²) >= 11 is 0. The quantitative estimate of drug-likeness (QED) is 0.918. The van der Waals surface area contributed by atoms with E-state index in [-0.39, 0.29) is 0 Å². The second-order valence-corrected chi connectivity index (χ2v) is 6.32. The molecule has 0 saturated carbocycles. The van der Waals surface area contributed by atoms with Crippen molar-refractivity contribution in [3.8, 4) is 5.75 Å². The molecule has 1 aliphatic carbocycles. The minimum atomic E-state index is 0.332. The van der Waals surface area contributed by atoms with Gasteiger partial charge >= 0.3 is 0 Å². The maximum Gasteiger partial charge on any atom is 0.122 e. The topological polar surface area (TPSA) is 38.5 Å². The molecule has 1 aromatic carbocycles. The van der Waals surface area contributed by atoms with E-state index in [1.807, 2.05) is 0 Å². The number of benzene rings is 1. The van der Waals surface area contributed by atoms with Crippen LogP contribution in [0, 0.1) is 5.92 Å². The van der Waals surface area contributed by atoms with E-state index >= 15 is 0 Å². The molecule has 1 heterocycles. The zero-order valence-corrected chi connectivity index (χ0v) is 12.6. The normalized spacial score (nSPS) is 29.6. The number of hydrogen-bond acceptors (Lipinski definition) is 3. The minimum Gasteiger partial charge on any atom is -0.496 e. The highest BCUT2D eigenvalue weighted by atomic mass is 16.5. The summed E-state index contributed by atoms with van der Waals surface area (Å²) in [6, 6.07) is 7.49. The Hall–Kier alpha value is -1.06. The van der Waals surface area contributed by atoms with Crippen molar-refractivity contribution >= 4 is 0 Å². The first kappa shape index (κ1) is 13.9. The van der Waals surface area contributed by atoms with Crippen molar-refractivity contribution < 1.29 is 4.74 Å². The Balaban J connectivity index is 1.89. The van der Waals surface area contributed by atoms with E-state index < -0.39 is 0 Å². The van der Waals surface area contributed by atoms with Crippen LogP contribution in [-0.2, 0) is 12.8 Å². The van der Waals surface area contributed by atoms with Crippen LogP contribution in [0.2, 0.25) is 0 Å². The van der Waals surface area contributed by atoms with Crippen molar-refractivity contribution in [1.82, 2.24) is 4.90 Å². The lowest BCUT2D eigenvalue weighted by atomic mass is 9.74. The lowest BCUT2D eigenvalue weighted by Gasteiger charge is -2.47. The van der Waals surface area contributed by atoms with Gasteiger partial charge in [-0.1, -0.05) is 19.1 Å². The number of fused-ring (bicyclic) bond motifs is 2. The molecule has 20 heavy (non-hydrogen) atoms. The fraction of sp³-hybridized carbons (Fsp3) is 0.647. The summed E-state index contributed by atoms with van der Waals surface area (Å²) in [5.74, 6) is 1.75. The van der Waals surface area contributed by atoms with Gasteiger partial charge in [0.15, 0.2) is 0 Å². The molecule has 2 N–H and O–H groups in total. The van der Waals surface area contributed by atoms with E-state index in [4.69, 9.17) is 10.5 Å². The fourth-order valence-corrected chi connectivity index (χ4v) is 4.13. The summed E-state index contributed by atoms with van der Waals surface area (Å²) in [7, 11) is 1.78. The highest BCUT2D eigenvalue weighted by Crippen LogP contribution is 2.38. The van der Waals surface area contributed by atoms with Crippen LogP contribution in [0.3, 0.4) is 0 Å². The van der Waals surface area contributed by atoms with Crippen molar-refractivity contribution in [2.45, 2.75) is 44.7 Å². The fourth-order valence-electron chi connectivity index (χ4n) is 4.13. The van der Waals surface area contributed by atoms with Crippen molar-refractivity contribution in [1.29, 1.82) is 0 Å². The number of piperidine rings is 1. The molecule has 3 rings (SSSR count). The summed E-state index contributed by atoms with van der Waals surface area (Å²) in [6.45, 7) is 4.50. The van der Waals surface area contributed by atoms with Gasteiger partial charge in [-0.25, -0.2) is 0 Å². The summed E-state index contributed by atoms with van der Waals surface area (Å²) in [5.41, 5.74) is 9.17. The summed E-state index contributed by atoms with van der Waals surface area (Å²) < 4.78 is 5.55. The molecule has 0 aromatic heterocycles. The van der Waals surface area contributed by atoms with Crippen LogP contribution in [0.5, 0.6) is 5.75 Å². The van der Waals surface area contributed by atoms with Crippen molar-refractivity contribution in [3.63, 3.8) is 0 Å². The smallest absolute Gasteiger partial charge is 0.122 e. The lowest BCUT2D eigenvalue weighted by Crippen LogP contribution is -2.56. The average Bonchev–Trinajstić information content (AvgIpc) is 2.45. The van der Waals surface area contributed by atoms with E-state index in [0.29, 0.717) is 18.0 Å². The number of likely N-dealkylation sites (tertiary alicyclic amines) is 1. The monoisotopic (exact) mass is 274 g/mol. The van der Waals surface area contributed by atoms with Crippen LogP contribution in [0.15, 0.2) is 18.2 Å². The maximum atomic E-state index is 6.28. The predicted octanol–water partition coefficient (Wildman–Crippen LogP) is 2.22. The molecule has 0 spiro atoms. The molecule has 1 saturated heterocycles. The Morgan fingerprint density at radius 1 is 1.35 bits per heavy atom. The van der Waals surface area contributed by atoms with Crippen LogP contribution in [-0.4, -0.2) is 37.2 Å². The molecule has 1 aliphatic heterocycles. The van der Waals surface area contributed by atoms with Gasteiger partial charge in [0.05, 0.1) is 7.11 Å². The third-order valence-electron chi connectivity index (χ3n) is 4.94. The zero-order valence-electron chi connectivity index (χ0n) is 12.6. The molecule has 3 unspecified atom stereocenters. The van der Waals surface area contributed by atoms with E-state index in [9.17, 15) is 0 Å². The van der Waals surface area contributed by atoms with Crippen LogP contribution in [0.1, 0.15) is 30.9 Å². The number of methoxy groups -OCH3 is 1. The highest BCUT2D eigenvalue weighted by molar-refractivity contribution is 5.43. The van der Waals surface area contributed by atoms with Crippen molar-refractivity contribution in [2.24, 2.45) is 11.7 Å². The highest BCUT2D eigenvalue weighted by Gasteiger charge is 2.38. The summed E-state index contributed by atoms with van der Waals surface area (Å²) in [4.78, 5) is 2.63. The van der Waals surface area contributed by atoms with Gasteiger partial charge < -0.3 is 10.5 Å². The largest absolute Gasteiger partial charge is 0.496 e. The molecule has 3 atom stereocenters. The Bertz CT molecular complexity index is 474. The van der Waals surface area contributed by atoms with E-state index in [1.54, 1.807) is 7.11 Å². The predicted molar refractivity (Wildman–Crippen MR) is 82.1 cm³/mol. The van der Waals surface area contributed by atoms with Crippen LogP contribution < -0.4 is 10.5 Å². The minimum absolute atomic E-state index is 0.332. The summed E-state index contributed by atoms with van der Waals surface area (Å²) in [5, 5.41) is 0. The number of hydrogen-bond donors (Lipinski definition) is 1. The van der Waals surface area contributed by atoms with Gasteiger partial charge in [-0.05, 0) is 55.3 Å². The molecule has 1 aromatic rings. The van der Waals surface area contributed by atoms with Crippen LogP contribution in [0.25, 0.3) is 0 Å². The molecule has 110 valence electrons. The van der Waals surface area contributed by atoms with Gasteiger partial charge in [-0.3, -0.25) is 4.90 Å². The van der Waals surface area contributed by atoms with E-state index in [0.717, 1.165) is 31.6 Å². The number of ether oxygens (including phenoxy) is 1. The van der Waals surface area contributed by atoms with Gasteiger partial charge in [0.1, 0.15) is 5.75 Å². The summed E-state index contributed by atoms with van der Waals surface area (Å²) in [6.07, 6.45) is 4.64. The first-order chi connectivity index (χ1) is 9.72. The Morgan fingerprint density at radius 3 is 2.95 bits per heavy atom. The standard InChI is InChI=1S/C17H26N2O/c1-3-7-19-11-14(18)8-13-9-15-12(10-16(13)19)5-4-6-17(15)20-2/h4-6,13-14,16H,3,7-11,18H2,1-2H3. The molecular weight excluding hydrogens is 248 g/mol. The third-order valence-corrected chi connectivity index (χ3v) is 4.94. The molecular formula is C17H26N2O. The molecule has 2 aliphatic rings. The molecule has 0 amide bonds. The lowest BCUT2D eigenvalue weighted by molar-refractivity contribution is 0.0724. The van der Waals surface area contributed by atoms with Gasteiger partial charge in [-0.15, -0.1) is 0 Å². The van der Waals surface area contributed by atoms with Crippen LogP contribution >= 0.6 is 0 Å². The average molecular weight is 274 g/mol. The Kier molecular flexibility index (Phi) is 3.99. The molecule has 0 radical (unpaired) electrons. The van der Waals surface area contributed by atoms with Crippen molar-refractivity contribution in [2.75, 3.05) is 20.2 Å². The maximum absolute atomic E-state index is 6.28. The van der Waals surface area contributed by atoms with Crippen molar-refractivity contribution in [3.05, 3.63) is 29.3 Å². The zero-order chi connectivity index (χ0) is 14.1. The second kappa shape index (κ2) is 5.74. The third kappa shape index (κ3) is 2.45.